The van der Waals surface area contributed by atoms with Crippen molar-refractivity contribution in [3.63, 3.8) is 0 Å². The third kappa shape index (κ3) is 4.90. The maximum absolute atomic E-state index is 12.2. The van der Waals surface area contributed by atoms with Gasteiger partial charge in [0, 0.05) is 29.0 Å². The molecule has 0 fully saturated rings. The minimum atomic E-state index is 0.107. The van der Waals surface area contributed by atoms with Crippen LogP contribution in [0.5, 0.6) is 0 Å². The number of halogens is 2. The van der Waals surface area contributed by atoms with Crippen molar-refractivity contribution in [2.45, 2.75) is 39.2 Å². The molecule has 0 aliphatic heterocycles. The minimum absolute atomic E-state index is 0.107. The van der Waals surface area contributed by atoms with E-state index in [0.29, 0.717) is 23.0 Å². The van der Waals surface area contributed by atoms with E-state index in [9.17, 15) is 4.79 Å². The summed E-state index contributed by atoms with van der Waals surface area (Å²) < 4.78 is 0.892. The van der Waals surface area contributed by atoms with Crippen LogP contribution in [0.15, 0.2) is 22.7 Å². The van der Waals surface area contributed by atoms with E-state index in [4.69, 9.17) is 11.6 Å². The van der Waals surface area contributed by atoms with Gasteiger partial charge in [-0.25, -0.2) is 0 Å². The fourth-order valence-electron chi connectivity index (χ4n) is 2.22. The van der Waals surface area contributed by atoms with Gasteiger partial charge in [-0.3, -0.25) is 4.79 Å². The molecule has 0 amide bonds. The summed E-state index contributed by atoms with van der Waals surface area (Å²) in [4.78, 5) is 14.4. The molecule has 0 bridgehead atoms. The summed E-state index contributed by atoms with van der Waals surface area (Å²) in [7, 11) is 2.08. The summed E-state index contributed by atoms with van der Waals surface area (Å²) in [5.41, 5.74) is 0.614. The van der Waals surface area contributed by atoms with E-state index in [1.165, 1.54) is 0 Å². The van der Waals surface area contributed by atoms with E-state index in [0.717, 1.165) is 23.9 Å². The maximum atomic E-state index is 12.2. The van der Waals surface area contributed by atoms with Gasteiger partial charge in [0.1, 0.15) is 0 Å². The van der Waals surface area contributed by atoms with Gasteiger partial charge in [0.2, 0.25) is 0 Å². The van der Waals surface area contributed by atoms with Crippen LogP contribution in [0.1, 0.15) is 43.5 Å². The summed E-state index contributed by atoms with van der Waals surface area (Å²) in [5.74, 6) is 0.107. The molecule has 0 aromatic heterocycles. The zero-order valence-electron chi connectivity index (χ0n) is 11.7. The topological polar surface area (TPSA) is 20.3 Å². The van der Waals surface area contributed by atoms with Crippen LogP contribution in [0.4, 0.5) is 0 Å². The first-order chi connectivity index (χ1) is 8.99. The number of ketones is 1. The van der Waals surface area contributed by atoms with Crippen LogP contribution >= 0.6 is 27.5 Å². The predicted molar refractivity (Wildman–Crippen MR) is 85.1 cm³/mol. The summed E-state index contributed by atoms with van der Waals surface area (Å²) in [6.07, 6.45) is 2.73. The Labute approximate surface area is 129 Å². The monoisotopic (exact) mass is 345 g/mol. The van der Waals surface area contributed by atoms with Crippen molar-refractivity contribution < 1.29 is 4.79 Å². The zero-order valence-corrected chi connectivity index (χ0v) is 14.1. The molecule has 106 valence electrons. The molecule has 1 rings (SSSR count). The van der Waals surface area contributed by atoms with E-state index in [-0.39, 0.29) is 5.78 Å². The first kappa shape index (κ1) is 16.7. The minimum Gasteiger partial charge on any atom is -0.303 e. The van der Waals surface area contributed by atoms with Gasteiger partial charge in [-0.1, -0.05) is 41.4 Å². The highest BCUT2D eigenvalue weighted by atomic mass is 79.9. The van der Waals surface area contributed by atoms with Crippen molar-refractivity contribution >= 4 is 33.3 Å². The summed E-state index contributed by atoms with van der Waals surface area (Å²) in [5, 5.41) is 0.518. The average molecular weight is 347 g/mol. The van der Waals surface area contributed by atoms with Gasteiger partial charge >= 0.3 is 0 Å². The Kier molecular flexibility index (Phi) is 7.05. The van der Waals surface area contributed by atoms with Gasteiger partial charge < -0.3 is 4.90 Å². The Morgan fingerprint density at radius 3 is 2.53 bits per heavy atom. The van der Waals surface area contributed by atoms with Crippen molar-refractivity contribution in [3.8, 4) is 0 Å². The highest BCUT2D eigenvalue weighted by Gasteiger charge is 2.14. The van der Waals surface area contributed by atoms with Gasteiger partial charge in [-0.2, -0.15) is 0 Å². The summed E-state index contributed by atoms with van der Waals surface area (Å²) in [6.45, 7) is 5.13. The SMILES string of the molecule is CCC(CC)N(C)CCC(=O)c1ccc(Br)cc1Cl. The first-order valence-corrected chi connectivity index (χ1v) is 7.85. The van der Waals surface area contributed by atoms with Crippen molar-refractivity contribution in [2.24, 2.45) is 0 Å². The molecule has 19 heavy (non-hydrogen) atoms. The number of Topliss-reactive ketones (excluding diaryl/α,β-unsaturated/α-hetero) is 1. The number of nitrogens with zero attached hydrogens (tertiary/aromatic N) is 1. The van der Waals surface area contributed by atoms with E-state index in [1.807, 2.05) is 6.07 Å². The number of rotatable bonds is 7. The molecule has 0 unspecified atom stereocenters. The third-order valence-electron chi connectivity index (χ3n) is 3.49. The number of carbonyl (C=O) groups excluding carboxylic acids is 1. The normalized spacial score (nSPS) is 11.3. The molecular weight excluding hydrogens is 326 g/mol. The Bertz CT molecular complexity index is 432. The fraction of sp³-hybridized carbons (Fsp3) is 0.533. The fourth-order valence-corrected chi connectivity index (χ4v) is 3.00. The summed E-state index contributed by atoms with van der Waals surface area (Å²) in [6, 6.07) is 5.95. The third-order valence-corrected chi connectivity index (χ3v) is 4.29. The number of carbonyl (C=O) groups is 1. The van der Waals surface area contributed by atoms with Crippen molar-refractivity contribution in [3.05, 3.63) is 33.3 Å². The molecule has 2 nitrogen and oxygen atoms in total. The Hall–Kier alpha value is -0.380. The molecule has 1 aromatic rings. The maximum Gasteiger partial charge on any atom is 0.165 e. The highest BCUT2D eigenvalue weighted by molar-refractivity contribution is 9.10. The molecule has 0 atom stereocenters. The Morgan fingerprint density at radius 2 is 2.00 bits per heavy atom. The second-order valence-corrected chi connectivity index (χ2v) is 6.07. The molecular formula is C15H21BrClNO. The van der Waals surface area contributed by atoms with E-state index in [1.54, 1.807) is 12.1 Å². The molecule has 0 aliphatic carbocycles. The number of hydrogen-bond acceptors (Lipinski definition) is 2. The Balaban J connectivity index is 2.60. The lowest BCUT2D eigenvalue weighted by atomic mass is 10.1. The second kappa shape index (κ2) is 8.03. The van der Waals surface area contributed by atoms with Gasteiger partial charge in [0.05, 0.1) is 5.02 Å². The van der Waals surface area contributed by atoms with Crippen LogP contribution in [0.2, 0.25) is 5.02 Å². The molecule has 0 radical (unpaired) electrons. The van der Waals surface area contributed by atoms with Crippen LogP contribution in [0.3, 0.4) is 0 Å². The molecule has 1 aromatic carbocycles. The number of benzene rings is 1. The van der Waals surface area contributed by atoms with E-state index >= 15 is 0 Å². The lowest BCUT2D eigenvalue weighted by Crippen LogP contribution is -2.32. The summed E-state index contributed by atoms with van der Waals surface area (Å²) >= 11 is 9.43. The van der Waals surface area contributed by atoms with Crippen LogP contribution in [-0.4, -0.2) is 30.3 Å². The first-order valence-electron chi connectivity index (χ1n) is 6.68. The largest absolute Gasteiger partial charge is 0.303 e. The predicted octanol–water partition coefficient (Wildman–Crippen LogP) is 4.80. The molecule has 0 saturated heterocycles. The second-order valence-electron chi connectivity index (χ2n) is 4.75. The van der Waals surface area contributed by atoms with E-state index in [2.05, 4.69) is 41.7 Å². The number of hydrogen-bond donors (Lipinski definition) is 0. The van der Waals surface area contributed by atoms with Crippen molar-refractivity contribution in [1.29, 1.82) is 0 Å². The van der Waals surface area contributed by atoms with Crippen LogP contribution in [0, 0.1) is 0 Å². The lowest BCUT2D eigenvalue weighted by molar-refractivity contribution is 0.0958. The van der Waals surface area contributed by atoms with Crippen molar-refractivity contribution in [1.82, 2.24) is 4.90 Å². The molecule has 0 N–H and O–H groups in total. The average Bonchev–Trinajstić information content (AvgIpc) is 2.37. The highest BCUT2D eigenvalue weighted by Crippen LogP contribution is 2.22. The Morgan fingerprint density at radius 1 is 1.37 bits per heavy atom. The lowest BCUT2D eigenvalue weighted by Gasteiger charge is -2.25. The molecule has 0 spiro atoms. The van der Waals surface area contributed by atoms with Crippen LogP contribution in [0.25, 0.3) is 0 Å². The zero-order chi connectivity index (χ0) is 14.4. The van der Waals surface area contributed by atoms with E-state index < -0.39 is 0 Å². The van der Waals surface area contributed by atoms with Gasteiger partial charge in [0.15, 0.2) is 5.78 Å². The van der Waals surface area contributed by atoms with Crippen molar-refractivity contribution in [2.75, 3.05) is 13.6 Å². The molecule has 0 saturated carbocycles. The molecule has 4 heteroatoms. The van der Waals surface area contributed by atoms with Gasteiger partial charge in [-0.05, 0) is 38.1 Å². The quantitative estimate of drug-likeness (QED) is 0.661. The smallest absolute Gasteiger partial charge is 0.165 e. The van der Waals surface area contributed by atoms with Crippen LogP contribution in [-0.2, 0) is 0 Å². The standard InChI is InChI=1S/C15H21BrClNO/c1-4-12(5-2)18(3)9-8-15(19)13-7-6-11(16)10-14(13)17/h6-7,10,12H,4-5,8-9H2,1-3H3. The van der Waals surface area contributed by atoms with Gasteiger partial charge in [-0.15, -0.1) is 0 Å². The molecule has 0 aliphatic rings. The molecule has 0 heterocycles. The van der Waals surface area contributed by atoms with Crippen LogP contribution < -0.4 is 0 Å². The van der Waals surface area contributed by atoms with Gasteiger partial charge in [0.25, 0.3) is 0 Å².